The lowest BCUT2D eigenvalue weighted by Gasteiger charge is -2.06. The third-order valence-corrected chi connectivity index (χ3v) is 5.06. The zero-order chi connectivity index (χ0) is 18.7. The summed E-state index contributed by atoms with van der Waals surface area (Å²) in [5.41, 5.74) is 2.61. The molecule has 0 saturated carbocycles. The van der Waals surface area contributed by atoms with Gasteiger partial charge >= 0.3 is 0 Å². The van der Waals surface area contributed by atoms with E-state index in [-0.39, 0.29) is 11.7 Å². The summed E-state index contributed by atoms with van der Waals surface area (Å²) in [7, 11) is 0. The van der Waals surface area contributed by atoms with Crippen LogP contribution in [-0.2, 0) is 6.54 Å². The summed E-state index contributed by atoms with van der Waals surface area (Å²) in [4.78, 5) is 12.3. The van der Waals surface area contributed by atoms with Gasteiger partial charge in [0.25, 0.3) is 5.91 Å². The van der Waals surface area contributed by atoms with Crippen LogP contribution in [0.4, 0.5) is 5.69 Å². The zero-order valence-corrected chi connectivity index (χ0v) is 16.5. The van der Waals surface area contributed by atoms with Crippen LogP contribution in [0.25, 0.3) is 0 Å². The maximum absolute atomic E-state index is 12.3. The van der Waals surface area contributed by atoms with Crippen molar-refractivity contribution in [2.45, 2.75) is 27.3 Å². The molecule has 0 aliphatic rings. The van der Waals surface area contributed by atoms with Gasteiger partial charge in [0.2, 0.25) is 0 Å². The van der Waals surface area contributed by atoms with Crippen molar-refractivity contribution in [1.29, 1.82) is 0 Å². The number of nitrogens with zero attached hydrogens (tertiary/aromatic N) is 2. The largest absolute Gasteiger partial charge is 0.494 e. The third-order valence-electron chi connectivity index (χ3n) is 3.91. The van der Waals surface area contributed by atoms with E-state index in [2.05, 4.69) is 26.3 Å². The van der Waals surface area contributed by atoms with Gasteiger partial charge in [-0.05, 0) is 73.1 Å². The Morgan fingerprint density at radius 2 is 1.96 bits per heavy atom. The van der Waals surface area contributed by atoms with Crippen LogP contribution < -0.4 is 10.1 Å². The van der Waals surface area contributed by atoms with E-state index in [1.54, 1.807) is 24.3 Å². The molecule has 0 spiro atoms. The van der Waals surface area contributed by atoms with Crippen molar-refractivity contribution >= 4 is 27.5 Å². The maximum atomic E-state index is 12.3. The highest BCUT2D eigenvalue weighted by Crippen LogP contribution is 2.21. The lowest BCUT2D eigenvalue weighted by Crippen LogP contribution is -2.11. The number of hydrogen-bond donors (Lipinski definition) is 1. The standard InChI is InChI=1S/C19H20BrN3O3/c1-4-25-15-7-5-14(6-8-15)21-19(24)17-10-9-16(26-17)11-23-13(3)18(20)12(2)22-23/h5-10H,4,11H2,1-3H3,(H,21,24). The molecule has 0 bridgehead atoms. The first-order valence-electron chi connectivity index (χ1n) is 8.30. The molecule has 1 amide bonds. The second-order valence-electron chi connectivity index (χ2n) is 5.82. The SMILES string of the molecule is CCOc1ccc(NC(=O)c2ccc(Cn3nc(C)c(Br)c3C)o2)cc1. The molecule has 26 heavy (non-hydrogen) atoms. The number of anilines is 1. The Kier molecular flexibility index (Phi) is 5.46. The fraction of sp³-hybridized carbons (Fsp3) is 0.263. The van der Waals surface area contributed by atoms with Gasteiger partial charge in [-0.25, -0.2) is 0 Å². The van der Waals surface area contributed by atoms with Crippen LogP contribution >= 0.6 is 15.9 Å². The molecule has 6 nitrogen and oxygen atoms in total. The molecule has 0 aliphatic heterocycles. The number of nitrogens with one attached hydrogen (secondary N) is 1. The van der Waals surface area contributed by atoms with E-state index in [0.29, 0.717) is 24.6 Å². The molecular formula is C19H20BrN3O3. The van der Waals surface area contributed by atoms with Crippen LogP contribution in [0.1, 0.15) is 34.6 Å². The molecule has 0 unspecified atom stereocenters. The van der Waals surface area contributed by atoms with Crippen LogP contribution in [0.5, 0.6) is 5.75 Å². The minimum absolute atomic E-state index is 0.259. The van der Waals surface area contributed by atoms with E-state index >= 15 is 0 Å². The molecule has 0 atom stereocenters. The number of furan rings is 1. The minimum atomic E-state index is -0.296. The molecule has 3 aromatic rings. The average molecular weight is 418 g/mol. The second-order valence-corrected chi connectivity index (χ2v) is 6.61. The molecule has 0 saturated heterocycles. The first-order chi connectivity index (χ1) is 12.5. The molecular weight excluding hydrogens is 398 g/mol. The van der Waals surface area contributed by atoms with Crippen molar-refractivity contribution in [3.8, 4) is 5.75 Å². The van der Waals surface area contributed by atoms with Crippen LogP contribution in [-0.4, -0.2) is 22.3 Å². The van der Waals surface area contributed by atoms with Crippen molar-refractivity contribution in [2.75, 3.05) is 11.9 Å². The molecule has 1 N–H and O–H groups in total. The Hall–Kier alpha value is -2.54. The molecule has 2 aromatic heterocycles. The molecule has 7 heteroatoms. The fourth-order valence-corrected chi connectivity index (χ4v) is 2.84. The number of halogens is 1. The number of carbonyl (C=O) groups is 1. The summed E-state index contributed by atoms with van der Waals surface area (Å²) in [6.45, 7) is 6.91. The Labute approximate surface area is 160 Å². The fourth-order valence-electron chi connectivity index (χ4n) is 2.56. The van der Waals surface area contributed by atoms with E-state index in [1.165, 1.54) is 0 Å². The normalized spacial score (nSPS) is 10.8. The summed E-state index contributed by atoms with van der Waals surface area (Å²) < 4.78 is 13.9. The van der Waals surface area contributed by atoms with Gasteiger partial charge in [0.1, 0.15) is 11.5 Å². The van der Waals surface area contributed by atoms with Crippen molar-refractivity contribution in [2.24, 2.45) is 0 Å². The number of aryl methyl sites for hydroxylation is 1. The van der Waals surface area contributed by atoms with Crippen molar-refractivity contribution in [1.82, 2.24) is 9.78 Å². The highest BCUT2D eigenvalue weighted by atomic mass is 79.9. The van der Waals surface area contributed by atoms with Gasteiger partial charge in [-0.3, -0.25) is 9.48 Å². The van der Waals surface area contributed by atoms with Gasteiger partial charge in [0, 0.05) is 5.69 Å². The Bertz CT molecular complexity index is 913. The molecule has 1 aromatic carbocycles. The summed E-state index contributed by atoms with van der Waals surface area (Å²) in [6, 6.07) is 10.7. The minimum Gasteiger partial charge on any atom is -0.494 e. The zero-order valence-electron chi connectivity index (χ0n) is 14.9. The molecule has 0 aliphatic carbocycles. The van der Waals surface area contributed by atoms with E-state index < -0.39 is 0 Å². The van der Waals surface area contributed by atoms with E-state index in [1.807, 2.05) is 37.6 Å². The Balaban J connectivity index is 1.66. The molecule has 136 valence electrons. The summed E-state index contributed by atoms with van der Waals surface area (Å²) in [5.74, 6) is 1.39. The lowest BCUT2D eigenvalue weighted by atomic mass is 10.3. The average Bonchev–Trinajstić information content (AvgIpc) is 3.18. The number of benzene rings is 1. The van der Waals surface area contributed by atoms with E-state index in [9.17, 15) is 4.79 Å². The number of rotatable bonds is 6. The highest BCUT2D eigenvalue weighted by Gasteiger charge is 2.14. The van der Waals surface area contributed by atoms with Crippen molar-refractivity contribution < 1.29 is 13.9 Å². The first-order valence-corrected chi connectivity index (χ1v) is 9.09. The summed E-state index contributed by atoms with van der Waals surface area (Å²) in [5, 5.41) is 7.26. The van der Waals surface area contributed by atoms with Crippen molar-refractivity contribution in [3.63, 3.8) is 0 Å². The number of ether oxygens (including phenoxy) is 1. The topological polar surface area (TPSA) is 69.3 Å². The van der Waals surface area contributed by atoms with Gasteiger partial charge in [0.15, 0.2) is 5.76 Å². The predicted molar refractivity (Wildman–Crippen MR) is 103 cm³/mol. The quantitative estimate of drug-likeness (QED) is 0.638. The lowest BCUT2D eigenvalue weighted by molar-refractivity contribution is 0.0994. The highest BCUT2D eigenvalue weighted by molar-refractivity contribution is 9.10. The van der Waals surface area contributed by atoms with Crippen LogP contribution in [0.3, 0.4) is 0 Å². The van der Waals surface area contributed by atoms with Crippen LogP contribution in [0.2, 0.25) is 0 Å². The van der Waals surface area contributed by atoms with Gasteiger partial charge in [-0.1, -0.05) is 0 Å². The Morgan fingerprint density at radius 1 is 1.23 bits per heavy atom. The van der Waals surface area contributed by atoms with Crippen LogP contribution in [0.15, 0.2) is 45.3 Å². The third kappa shape index (κ3) is 3.99. The van der Waals surface area contributed by atoms with Gasteiger partial charge in [-0.15, -0.1) is 0 Å². The van der Waals surface area contributed by atoms with E-state index in [4.69, 9.17) is 9.15 Å². The van der Waals surface area contributed by atoms with Gasteiger partial charge < -0.3 is 14.5 Å². The number of aromatic nitrogens is 2. The molecule has 0 fully saturated rings. The molecule has 3 rings (SSSR count). The van der Waals surface area contributed by atoms with Gasteiger partial charge in [-0.2, -0.15) is 5.10 Å². The predicted octanol–water partition coefficient (Wildman–Crippen LogP) is 4.55. The monoisotopic (exact) mass is 417 g/mol. The molecule has 0 radical (unpaired) electrons. The second kappa shape index (κ2) is 7.78. The Morgan fingerprint density at radius 3 is 2.58 bits per heavy atom. The number of carbonyl (C=O) groups excluding carboxylic acids is 1. The smallest absolute Gasteiger partial charge is 0.291 e. The summed E-state index contributed by atoms with van der Waals surface area (Å²) >= 11 is 3.51. The van der Waals surface area contributed by atoms with Crippen molar-refractivity contribution in [3.05, 3.63) is 63.8 Å². The molecule has 2 heterocycles. The number of amides is 1. The van der Waals surface area contributed by atoms with E-state index in [0.717, 1.165) is 21.6 Å². The summed E-state index contributed by atoms with van der Waals surface area (Å²) in [6.07, 6.45) is 0. The van der Waals surface area contributed by atoms with Gasteiger partial charge in [0.05, 0.1) is 29.0 Å². The van der Waals surface area contributed by atoms with Crippen LogP contribution in [0, 0.1) is 13.8 Å². The number of hydrogen-bond acceptors (Lipinski definition) is 4. The first kappa shape index (κ1) is 18.3. The maximum Gasteiger partial charge on any atom is 0.291 e.